The fraction of sp³-hybridized carbons (Fsp3) is 0.667. The number of aliphatic hydroxyl groups is 1. The molecule has 1 aliphatic heterocycles. The van der Waals surface area contributed by atoms with Gasteiger partial charge in [-0.1, -0.05) is 19.4 Å². The van der Waals surface area contributed by atoms with E-state index in [0.29, 0.717) is 6.61 Å². The van der Waals surface area contributed by atoms with Gasteiger partial charge >= 0.3 is 0 Å². The zero-order valence-corrected chi connectivity index (χ0v) is 13.6. The molecule has 1 fully saturated rings. The van der Waals surface area contributed by atoms with Crippen LogP contribution >= 0.6 is 0 Å². The van der Waals surface area contributed by atoms with Crippen LogP contribution in [0.1, 0.15) is 57.3 Å². The van der Waals surface area contributed by atoms with Gasteiger partial charge in [0.2, 0.25) is 0 Å². The van der Waals surface area contributed by atoms with Crippen molar-refractivity contribution in [2.75, 3.05) is 19.7 Å². The average Bonchev–Trinajstić information content (AvgIpc) is 2.50. The Kier molecular flexibility index (Phi) is 6.07. The highest BCUT2D eigenvalue weighted by Gasteiger charge is 2.19. The van der Waals surface area contributed by atoms with E-state index in [4.69, 9.17) is 4.74 Å². The molecule has 1 heterocycles. The van der Waals surface area contributed by atoms with Gasteiger partial charge in [0.25, 0.3) is 0 Å². The third-order valence-electron chi connectivity index (χ3n) is 4.55. The number of hydrogen-bond acceptors (Lipinski definition) is 3. The minimum Gasteiger partial charge on any atom is -0.494 e. The molecule has 0 amide bonds. The first-order valence-corrected chi connectivity index (χ1v) is 8.30. The van der Waals surface area contributed by atoms with Crippen molar-refractivity contribution < 1.29 is 9.84 Å². The fourth-order valence-corrected chi connectivity index (χ4v) is 3.07. The molecule has 1 N–H and O–H groups in total. The molecular formula is C18H29NO2. The summed E-state index contributed by atoms with van der Waals surface area (Å²) in [5.74, 6) is 1.86. The van der Waals surface area contributed by atoms with Crippen LogP contribution in [0.15, 0.2) is 18.2 Å². The molecule has 1 unspecified atom stereocenters. The highest BCUT2D eigenvalue weighted by atomic mass is 16.5. The van der Waals surface area contributed by atoms with Gasteiger partial charge in [-0.3, -0.25) is 4.90 Å². The van der Waals surface area contributed by atoms with Gasteiger partial charge in [0, 0.05) is 12.1 Å². The zero-order valence-electron chi connectivity index (χ0n) is 13.6. The minimum absolute atomic E-state index is 0.426. The Morgan fingerprint density at radius 3 is 2.57 bits per heavy atom. The molecule has 1 saturated heterocycles. The van der Waals surface area contributed by atoms with Crippen LogP contribution in [0.5, 0.6) is 5.75 Å². The normalized spacial score (nSPS) is 18.7. The van der Waals surface area contributed by atoms with Crippen LogP contribution in [-0.2, 0) is 6.54 Å². The Morgan fingerprint density at radius 2 is 2.00 bits per heavy atom. The third-order valence-corrected chi connectivity index (χ3v) is 4.55. The van der Waals surface area contributed by atoms with Crippen molar-refractivity contribution >= 4 is 0 Å². The number of rotatable bonds is 6. The second kappa shape index (κ2) is 7.81. The summed E-state index contributed by atoms with van der Waals surface area (Å²) in [6.45, 7) is 10.1. The van der Waals surface area contributed by atoms with Crippen molar-refractivity contribution in [1.29, 1.82) is 0 Å². The number of piperidine rings is 1. The van der Waals surface area contributed by atoms with Crippen LogP contribution in [0.25, 0.3) is 0 Å². The van der Waals surface area contributed by atoms with E-state index in [0.717, 1.165) is 23.8 Å². The van der Waals surface area contributed by atoms with E-state index in [2.05, 4.69) is 17.9 Å². The van der Waals surface area contributed by atoms with Crippen molar-refractivity contribution in [1.82, 2.24) is 4.90 Å². The lowest BCUT2D eigenvalue weighted by Gasteiger charge is -2.32. The largest absolute Gasteiger partial charge is 0.494 e. The molecule has 0 radical (unpaired) electrons. The lowest BCUT2D eigenvalue weighted by molar-refractivity contribution is 0.172. The van der Waals surface area contributed by atoms with Crippen LogP contribution in [-0.4, -0.2) is 29.7 Å². The van der Waals surface area contributed by atoms with Gasteiger partial charge in [-0.05, 0) is 63.4 Å². The lowest BCUT2D eigenvalue weighted by atomic mass is 9.94. The lowest BCUT2D eigenvalue weighted by Crippen LogP contribution is -2.33. The van der Waals surface area contributed by atoms with Gasteiger partial charge in [0.1, 0.15) is 5.75 Å². The van der Waals surface area contributed by atoms with E-state index in [1.54, 1.807) is 0 Å². The first kappa shape index (κ1) is 16.3. The van der Waals surface area contributed by atoms with Gasteiger partial charge in [-0.15, -0.1) is 0 Å². The van der Waals surface area contributed by atoms with Crippen molar-refractivity contribution in [3.8, 4) is 5.75 Å². The molecule has 3 nitrogen and oxygen atoms in total. The Balaban J connectivity index is 2.08. The second-order valence-corrected chi connectivity index (χ2v) is 6.10. The Morgan fingerprint density at radius 1 is 1.29 bits per heavy atom. The van der Waals surface area contributed by atoms with E-state index >= 15 is 0 Å². The van der Waals surface area contributed by atoms with Crippen LogP contribution < -0.4 is 4.74 Å². The quantitative estimate of drug-likeness (QED) is 0.866. The van der Waals surface area contributed by atoms with Gasteiger partial charge < -0.3 is 9.84 Å². The topological polar surface area (TPSA) is 32.7 Å². The predicted molar refractivity (Wildman–Crippen MR) is 86.5 cm³/mol. The number of benzene rings is 1. The smallest absolute Gasteiger partial charge is 0.123 e. The van der Waals surface area contributed by atoms with Crippen molar-refractivity contribution in [2.45, 2.75) is 52.7 Å². The summed E-state index contributed by atoms with van der Waals surface area (Å²) in [4.78, 5) is 2.51. The zero-order chi connectivity index (χ0) is 15.2. The summed E-state index contributed by atoms with van der Waals surface area (Å²) in [6.07, 6.45) is 3.48. The standard InChI is InChI=1S/C18H29NO2/c1-4-15-8-10-19(11-9-15)13-17-12-16(14(3)20)6-7-18(17)21-5-2/h6-7,12,14-15,20H,4-5,8-11,13H2,1-3H3. The molecule has 1 aliphatic rings. The maximum absolute atomic E-state index is 9.79. The molecule has 3 heteroatoms. The predicted octanol–water partition coefficient (Wildman–Crippen LogP) is 3.76. The summed E-state index contributed by atoms with van der Waals surface area (Å²) in [5.41, 5.74) is 2.17. The fourth-order valence-electron chi connectivity index (χ4n) is 3.07. The van der Waals surface area contributed by atoms with E-state index < -0.39 is 6.10 Å². The Bertz CT molecular complexity index is 437. The Hall–Kier alpha value is -1.06. The molecule has 0 aliphatic carbocycles. The van der Waals surface area contributed by atoms with Crippen molar-refractivity contribution in [2.24, 2.45) is 5.92 Å². The molecule has 1 atom stereocenters. The van der Waals surface area contributed by atoms with E-state index in [-0.39, 0.29) is 0 Å². The maximum Gasteiger partial charge on any atom is 0.123 e. The third kappa shape index (κ3) is 4.45. The van der Waals surface area contributed by atoms with Gasteiger partial charge in [0.05, 0.1) is 12.7 Å². The summed E-state index contributed by atoms with van der Waals surface area (Å²) >= 11 is 0. The summed E-state index contributed by atoms with van der Waals surface area (Å²) in [7, 11) is 0. The van der Waals surface area contributed by atoms with E-state index in [1.165, 1.54) is 37.9 Å². The molecule has 21 heavy (non-hydrogen) atoms. The first-order chi connectivity index (χ1) is 10.1. The first-order valence-electron chi connectivity index (χ1n) is 8.30. The molecule has 0 aromatic heterocycles. The molecule has 2 rings (SSSR count). The molecule has 1 aromatic carbocycles. The van der Waals surface area contributed by atoms with Gasteiger partial charge in [-0.2, -0.15) is 0 Å². The van der Waals surface area contributed by atoms with Crippen molar-refractivity contribution in [3.05, 3.63) is 29.3 Å². The number of aliphatic hydroxyl groups excluding tert-OH is 1. The van der Waals surface area contributed by atoms with E-state index in [1.807, 2.05) is 26.0 Å². The highest BCUT2D eigenvalue weighted by molar-refractivity contribution is 5.38. The van der Waals surface area contributed by atoms with Crippen LogP contribution in [0.2, 0.25) is 0 Å². The van der Waals surface area contributed by atoms with Gasteiger partial charge in [0.15, 0.2) is 0 Å². The average molecular weight is 291 g/mol. The molecule has 1 aromatic rings. The number of likely N-dealkylation sites (tertiary alicyclic amines) is 1. The van der Waals surface area contributed by atoms with Crippen molar-refractivity contribution in [3.63, 3.8) is 0 Å². The highest BCUT2D eigenvalue weighted by Crippen LogP contribution is 2.27. The minimum atomic E-state index is -0.426. The SMILES string of the molecule is CCOc1ccc(C(C)O)cc1CN1CCC(CC)CC1. The van der Waals surface area contributed by atoms with E-state index in [9.17, 15) is 5.11 Å². The monoisotopic (exact) mass is 291 g/mol. The number of nitrogens with zero attached hydrogens (tertiary/aromatic N) is 1. The summed E-state index contributed by atoms with van der Waals surface area (Å²) < 4.78 is 5.75. The Labute approximate surface area is 128 Å². The molecule has 0 saturated carbocycles. The van der Waals surface area contributed by atoms with Crippen LogP contribution in [0, 0.1) is 5.92 Å². The van der Waals surface area contributed by atoms with Crippen LogP contribution in [0.4, 0.5) is 0 Å². The number of ether oxygens (including phenoxy) is 1. The second-order valence-electron chi connectivity index (χ2n) is 6.10. The van der Waals surface area contributed by atoms with Crippen LogP contribution in [0.3, 0.4) is 0 Å². The summed E-state index contributed by atoms with van der Waals surface area (Å²) in [6, 6.07) is 6.06. The summed E-state index contributed by atoms with van der Waals surface area (Å²) in [5, 5.41) is 9.79. The van der Waals surface area contributed by atoms with Gasteiger partial charge in [-0.25, -0.2) is 0 Å². The number of hydrogen-bond donors (Lipinski definition) is 1. The molecule has 0 spiro atoms. The molecule has 0 bridgehead atoms. The maximum atomic E-state index is 9.79. The molecule has 118 valence electrons. The molecular weight excluding hydrogens is 262 g/mol.